The van der Waals surface area contributed by atoms with Gasteiger partial charge in [-0.2, -0.15) is 0 Å². The lowest BCUT2D eigenvalue weighted by atomic mass is 9.92. The average Bonchev–Trinajstić information content (AvgIpc) is 2.44. The lowest BCUT2D eigenvalue weighted by Gasteiger charge is -2.19. The molecule has 1 rings (SSSR count). The maximum Gasteiger partial charge on any atom is 0.239 e. The van der Waals surface area contributed by atoms with E-state index in [-0.39, 0.29) is 24.4 Å². The maximum atomic E-state index is 11.6. The molecule has 1 unspecified atom stereocenters. The zero-order chi connectivity index (χ0) is 12.3. The number of hydrogen-bond donors (Lipinski definition) is 1. The molecule has 0 aliphatic heterocycles. The van der Waals surface area contributed by atoms with E-state index in [0.29, 0.717) is 5.41 Å². The van der Waals surface area contributed by atoms with E-state index in [0.717, 1.165) is 19.3 Å². The minimum absolute atomic E-state index is 0.0552. The van der Waals surface area contributed by atoms with Crippen LogP contribution in [0.1, 0.15) is 40.0 Å². The summed E-state index contributed by atoms with van der Waals surface area (Å²) >= 11 is 0. The van der Waals surface area contributed by atoms with Crippen LogP contribution in [0.25, 0.3) is 0 Å². The van der Waals surface area contributed by atoms with Gasteiger partial charge in [-0.1, -0.05) is 13.8 Å². The highest BCUT2D eigenvalue weighted by atomic mass is 16.2. The van der Waals surface area contributed by atoms with Crippen LogP contribution in [0.4, 0.5) is 0 Å². The number of nitrogens with zero attached hydrogens (tertiary/aromatic N) is 1. The van der Waals surface area contributed by atoms with Crippen molar-refractivity contribution in [3.8, 4) is 0 Å². The summed E-state index contributed by atoms with van der Waals surface area (Å²) in [5.41, 5.74) is 0.338. The molecular weight excluding hydrogens is 204 g/mol. The van der Waals surface area contributed by atoms with Gasteiger partial charge >= 0.3 is 0 Å². The van der Waals surface area contributed by atoms with Crippen LogP contribution in [0, 0.1) is 5.41 Å². The highest BCUT2D eigenvalue weighted by Gasteiger charge is 2.31. The average molecular weight is 226 g/mol. The van der Waals surface area contributed by atoms with E-state index in [4.69, 9.17) is 0 Å². The number of likely N-dealkylation sites (N-methyl/N-ethyl adjacent to an activating group) is 1. The largest absolute Gasteiger partial charge is 0.352 e. The van der Waals surface area contributed by atoms with Crippen molar-refractivity contribution in [3.05, 3.63) is 0 Å². The zero-order valence-corrected chi connectivity index (χ0v) is 10.7. The van der Waals surface area contributed by atoms with Crippen molar-refractivity contribution < 1.29 is 9.59 Å². The molecule has 0 spiro atoms. The molecule has 1 atom stereocenters. The van der Waals surface area contributed by atoms with Gasteiger partial charge in [-0.05, 0) is 24.7 Å². The van der Waals surface area contributed by atoms with Crippen molar-refractivity contribution in [2.75, 3.05) is 13.6 Å². The van der Waals surface area contributed by atoms with Gasteiger partial charge in [-0.25, -0.2) is 0 Å². The predicted octanol–water partition coefficient (Wildman–Crippen LogP) is 1.16. The van der Waals surface area contributed by atoms with Crippen LogP contribution in [0.5, 0.6) is 0 Å². The fraction of sp³-hybridized carbons (Fsp3) is 0.833. The summed E-state index contributed by atoms with van der Waals surface area (Å²) in [6.07, 6.45) is 3.23. The van der Waals surface area contributed by atoms with Gasteiger partial charge in [0.2, 0.25) is 11.8 Å². The Hall–Kier alpha value is -1.06. The Morgan fingerprint density at radius 3 is 2.50 bits per heavy atom. The third-order valence-corrected chi connectivity index (χ3v) is 3.25. The molecule has 1 saturated carbocycles. The molecule has 4 nitrogen and oxygen atoms in total. The van der Waals surface area contributed by atoms with Crippen LogP contribution in [0.2, 0.25) is 0 Å². The van der Waals surface area contributed by atoms with Gasteiger partial charge in [-0.3, -0.25) is 9.59 Å². The molecule has 1 aliphatic rings. The van der Waals surface area contributed by atoms with Gasteiger partial charge in [0.05, 0.1) is 6.54 Å². The lowest BCUT2D eigenvalue weighted by Crippen LogP contribution is -2.41. The minimum Gasteiger partial charge on any atom is -0.352 e. The Bertz CT molecular complexity index is 287. The van der Waals surface area contributed by atoms with Crippen LogP contribution < -0.4 is 5.32 Å². The number of hydrogen-bond acceptors (Lipinski definition) is 2. The Kier molecular flexibility index (Phi) is 3.94. The smallest absolute Gasteiger partial charge is 0.239 e. The minimum atomic E-state index is -0.0816. The van der Waals surface area contributed by atoms with Crippen molar-refractivity contribution in [1.29, 1.82) is 0 Å². The summed E-state index contributed by atoms with van der Waals surface area (Å²) in [7, 11) is 1.64. The number of carbonyl (C=O) groups excluding carboxylic acids is 2. The molecule has 0 heterocycles. The molecule has 0 aromatic rings. The Morgan fingerprint density at radius 2 is 2.06 bits per heavy atom. The zero-order valence-electron chi connectivity index (χ0n) is 10.7. The van der Waals surface area contributed by atoms with E-state index in [1.54, 1.807) is 7.05 Å². The SMILES string of the molecule is CC(=O)N(C)CC(=O)NC1CCC(C)(C)C1. The van der Waals surface area contributed by atoms with Gasteiger partial charge in [0.15, 0.2) is 0 Å². The molecule has 0 aromatic heterocycles. The Labute approximate surface area is 97.4 Å². The molecular formula is C12H22N2O2. The van der Waals surface area contributed by atoms with E-state index in [1.807, 2.05) is 0 Å². The van der Waals surface area contributed by atoms with Crippen LogP contribution >= 0.6 is 0 Å². The van der Waals surface area contributed by atoms with E-state index in [1.165, 1.54) is 11.8 Å². The first-order chi connectivity index (χ1) is 7.30. The number of amides is 2. The van der Waals surface area contributed by atoms with E-state index in [2.05, 4.69) is 19.2 Å². The van der Waals surface area contributed by atoms with Gasteiger partial charge in [0, 0.05) is 20.0 Å². The van der Waals surface area contributed by atoms with Crippen molar-refractivity contribution in [3.63, 3.8) is 0 Å². The molecule has 0 saturated heterocycles. The van der Waals surface area contributed by atoms with Crippen molar-refractivity contribution in [2.24, 2.45) is 5.41 Å². The molecule has 16 heavy (non-hydrogen) atoms. The van der Waals surface area contributed by atoms with Gasteiger partial charge in [0.25, 0.3) is 0 Å². The highest BCUT2D eigenvalue weighted by molar-refractivity contribution is 5.83. The Balaban J connectivity index is 2.33. The lowest BCUT2D eigenvalue weighted by molar-refractivity contribution is -0.133. The third kappa shape index (κ3) is 3.83. The second-order valence-corrected chi connectivity index (χ2v) is 5.55. The molecule has 1 N–H and O–H groups in total. The summed E-state index contributed by atoms with van der Waals surface area (Å²) < 4.78 is 0. The van der Waals surface area contributed by atoms with Crippen LogP contribution in [0.15, 0.2) is 0 Å². The second kappa shape index (κ2) is 4.85. The molecule has 0 radical (unpaired) electrons. The molecule has 0 aromatic carbocycles. The standard InChI is InChI=1S/C12H22N2O2/c1-9(15)14(4)8-11(16)13-10-5-6-12(2,3)7-10/h10H,5-8H2,1-4H3,(H,13,16). The summed E-state index contributed by atoms with van der Waals surface area (Å²) in [6, 6.07) is 0.280. The molecule has 1 fully saturated rings. The van der Waals surface area contributed by atoms with E-state index in [9.17, 15) is 9.59 Å². The normalized spacial score (nSPS) is 22.9. The summed E-state index contributed by atoms with van der Waals surface area (Å²) in [4.78, 5) is 24.0. The first-order valence-corrected chi connectivity index (χ1v) is 5.81. The number of carbonyl (C=O) groups is 2. The predicted molar refractivity (Wildman–Crippen MR) is 62.9 cm³/mol. The van der Waals surface area contributed by atoms with Crippen molar-refractivity contribution in [1.82, 2.24) is 10.2 Å². The molecule has 1 aliphatic carbocycles. The van der Waals surface area contributed by atoms with Gasteiger partial charge < -0.3 is 10.2 Å². The Morgan fingerprint density at radius 1 is 1.44 bits per heavy atom. The van der Waals surface area contributed by atoms with E-state index >= 15 is 0 Å². The van der Waals surface area contributed by atoms with Crippen LogP contribution in [-0.4, -0.2) is 36.3 Å². The molecule has 92 valence electrons. The fourth-order valence-electron chi connectivity index (χ4n) is 2.16. The van der Waals surface area contributed by atoms with Crippen molar-refractivity contribution in [2.45, 2.75) is 46.1 Å². The highest BCUT2D eigenvalue weighted by Crippen LogP contribution is 2.36. The third-order valence-electron chi connectivity index (χ3n) is 3.25. The first-order valence-electron chi connectivity index (χ1n) is 5.81. The first kappa shape index (κ1) is 13.0. The molecule has 4 heteroatoms. The van der Waals surface area contributed by atoms with Crippen LogP contribution in [-0.2, 0) is 9.59 Å². The molecule has 2 amide bonds. The fourth-order valence-corrected chi connectivity index (χ4v) is 2.16. The number of rotatable bonds is 3. The molecule has 0 bridgehead atoms. The second-order valence-electron chi connectivity index (χ2n) is 5.55. The van der Waals surface area contributed by atoms with Crippen LogP contribution in [0.3, 0.4) is 0 Å². The van der Waals surface area contributed by atoms with Crippen molar-refractivity contribution >= 4 is 11.8 Å². The van der Waals surface area contributed by atoms with Gasteiger partial charge in [-0.15, -0.1) is 0 Å². The maximum absolute atomic E-state index is 11.6. The summed E-state index contributed by atoms with van der Waals surface area (Å²) in [5, 5.41) is 2.99. The topological polar surface area (TPSA) is 49.4 Å². The van der Waals surface area contributed by atoms with E-state index < -0.39 is 0 Å². The summed E-state index contributed by atoms with van der Waals surface area (Å²) in [5.74, 6) is -0.137. The monoisotopic (exact) mass is 226 g/mol. The number of nitrogens with one attached hydrogen (secondary N) is 1. The van der Waals surface area contributed by atoms with Gasteiger partial charge in [0.1, 0.15) is 0 Å². The quantitative estimate of drug-likeness (QED) is 0.785. The summed E-state index contributed by atoms with van der Waals surface area (Å²) in [6.45, 7) is 6.07.